The highest BCUT2D eigenvalue weighted by Crippen LogP contribution is 2.49. The summed E-state index contributed by atoms with van der Waals surface area (Å²) in [6.45, 7) is 4.13. The molecule has 1 aliphatic carbocycles. The van der Waals surface area contributed by atoms with Crippen molar-refractivity contribution >= 4 is 59.0 Å². The van der Waals surface area contributed by atoms with Crippen LogP contribution in [0.5, 0.6) is 0 Å². The minimum Gasteiger partial charge on any atom is -0.397 e. The molecule has 0 amide bonds. The van der Waals surface area contributed by atoms with Crippen LogP contribution in [0, 0.1) is 20.8 Å². The number of nitrogens with two attached hydrogens (primary N) is 2. The van der Waals surface area contributed by atoms with Gasteiger partial charge in [-0.25, -0.2) is 0 Å². The van der Waals surface area contributed by atoms with Crippen LogP contribution in [-0.4, -0.2) is 57.5 Å². The second kappa shape index (κ2) is 9.33. The van der Waals surface area contributed by atoms with Crippen molar-refractivity contribution in [3.63, 3.8) is 0 Å². The van der Waals surface area contributed by atoms with Crippen LogP contribution in [0.3, 0.4) is 0 Å². The number of nitrogen functional groups attached to an aromatic ring is 2. The standard InChI is InChI=1S/C24H23N3O11S3/c1-8-14(9(2)23(40(33,34)35)10(3)20(8)27-4)15-16-17(19(26)24(18(15)25)41(36,37)38)22(29)13-7-11(39(30,31)32)5-6-12(13)21(16)28/h5-7,27H,25-26H2,1-4H3,(H,30,31,32)(H,33,34,35)(H,36,37,38). The summed E-state index contributed by atoms with van der Waals surface area (Å²) < 4.78 is 103. The van der Waals surface area contributed by atoms with Crippen molar-refractivity contribution in [3.05, 3.63) is 57.1 Å². The molecule has 8 N–H and O–H groups in total. The molecule has 4 rings (SSSR count). The van der Waals surface area contributed by atoms with Crippen LogP contribution in [0.25, 0.3) is 11.1 Å². The quantitative estimate of drug-likeness (QED) is 0.137. The van der Waals surface area contributed by atoms with E-state index in [1.807, 2.05) is 0 Å². The zero-order valence-electron chi connectivity index (χ0n) is 21.7. The Kier molecular flexibility index (Phi) is 6.85. The van der Waals surface area contributed by atoms with Gasteiger partial charge in [-0.2, -0.15) is 25.3 Å². The monoisotopic (exact) mass is 625 g/mol. The van der Waals surface area contributed by atoms with E-state index in [2.05, 4.69) is 5.32 Å². The second-order valence-corrected chi connectivity index (χ2v) is 13.4. The van der Waals surface area contributed by atoms with E-state index in [-0.39, 0.29) is 33.5 Å². The number of ketones is 2. The Morgan fingerprint density at radius 3 is 1.63 bits per heavy atom. The first-order valence-electron chi connectivity index (χ1n) is 11.4. The van der Waals surface area contributed by atoms with Crippen molar-refractivity contribution < 1.29 is 48.5 Å². The van der Waals surface area contributed by atoms with Gasteiger partial charge < -0.3 is 16.8 Å². The molecule has 14 nitrogen and oxygen atoms in total. The Morgan fingerprint density at radius 1 is 0.634 bits per heavy atom. The van der Waals surface area contributed by atoms with Gasteiger partial charge in [0.15, 0.2) is 11.6 Å². The normalized spacial score (nSPS) is 13.6. The largest absolute Gasteiger partial charge is 0.397 e. The van der Waals surface area contributed by atoms with E-state index in [0.29, 0.717) is 6.07 Å². The van der Waals surface area contributed by atoms with E-state index in [4.69, 9.17) is 11.5 Å². The fraction of sp³-hybridized carbons (Fsp3) is 0.167. The maximum absolute atomic E-state index is 13.9. The van der Waals surface area contributed by atoms with Gasteiger partial charge in [0.2, 0.25) is 0 Å². The topological polar surface area (TPSA) is 261 Å². The molecular formula is C24H23N3O11S3. The van der Waals surface area contributed by atoms with E-state index in [0.717, 1.165) is 12.1 Å². The lowest BCUT2D eigenvalue weighted by Gasteiger charge is -2.28. The third kappa shape index (κ3) is 4.46. The average Bonchev–Trinajstić information content (AvgIpc) is 2.81. The maximum Gasteiger partial charge on any atom is 0.298 e. The van der Waals surface area contributed by atoms with Crippen LogP contribution < -0.4 is 16.8 Å². The molecule has 3 aromatic carbocycles. The maximum atomic E-state index is 13.9. The van der Waals surface area contributed by atoms with Gasteiger partial charge >= 0.3 is 0 Å². The molecule has 0 saturated carbocycles. The highest BCUT2D eigenvalue weighted by atomic mass is 32.2. The first-order chi connectivity index (χ1) is 18.7. The summed E-state index contributed by atoms with van der Waals surface area (Å²) in [5.41, 5.74) is 7.98. The third-order valence-corrected chi connectivity index (χ3v) is 9.89. The zero-order valence-corrected chi connectivity index (χ0v) is 24.2. The third-order valence-electron chi connectivity index (χ3n) is 6.96. The summed E-state index contributed by atoms with van der Waals surface area (Å²) >= 11 is 0. The molecule has 218 valence electrons. The van der Waals surface area contributed by atoms with Gasteiger partial charge in [0.1, 0.15) is 9.79 Å². The lowest BCUT2D eigenvalue weighted by molar-refractivity contribution is 0.0979. The van der Waals surface area contributed by atoms with E-state index < -0.39 is 90.2 Å². The SMILES string of the molecule is CNc1c(C)c(-c2c(N)c(S(=O)(=O)O)c(N)c3c2C(=O)c2ccc(S(=O)(=O)O)cc2C3=O)c(C)c(S(=O)(=O)O)c1C. The van der Waals surface area contributed by atoms with E-state index in [9.17, 15) is 48.5 Å². The van der Waals surface area contributed by atoms with Gasteiger partial charge in [0.25, 0.3) is 30.4 Å². The number of benzene rings is 3. The molecule has 1 aliphatic rings. The first kappa shape index (κ1) is 30.1. The van der Waals surface area contributed by atoms with E-state index in [1.54, 1.807) is 0 Å². The van der Waals surface area contributed by atoms with Crippen LogP contribution in [0.15, 0.2) is 32.9 Å². The smallest absolute Gasteiger partial charge is 0.298 e. The molecule has 0 heterocycles. The van der Waals surface area contributed by atoms with Crippen LogP contribution in [0.1, 0.15) is 48.5 Å². The Morgan fingerprint density at radius 2 is 1.15 bits per heavy atom. The van der Waals surface area contributed by atoms with Crippen molar-refractivity contribution in [1.29, 1.82) is 0 Å². The molecule has 0 spiro atoms. The summed E-state index contributed by atoms with van der Waals surface area (Å²) in [6.07, 6.45) is 0. The Bertz CT molecular complexity index is 2080. The highest BCUT2D eigenvalue weighted by Gasteiger charge is 2.41. The number of hydrogen-bond acceptors (Lipinski definition) is 11. The van der Waals surface area contributed by atoms with Crippen LogP contribution in [0.2, 0.25) is 0 Å². The lowest BCUT2D eigenvalue weighted by Crippen LogP contribution is -2.27. The molecule has 0 saturated heterocycles. The lowest BCUT2D eigenvalue weighted by atomic mass is 9.77. The number of carbonyl (C=O) groups is 2. The summed E-state index contributed by atoms with van der Waals surface area (Å²) in [5, 5.41) is 2.78. The highest BCUT2D eigenvalue weighted by molar-refractivity contribution is 7.86. The van der Waals surface area contributed by atoms with Crippen LogP contribution in [-0.2, 0) is 30.4 Å². The fourth-order valence-electron chi connectivity index (χ4n) is 5.44. The zero-order chi connectivity index (χ0) is 31.1. The molecular weight excluding hydrogens is 602 g/mol. The van der Waals surface area contributed by atoms with Crippen molar-refractivity contribution in [2.24, 2.45) is 0 Å². The summed E-state index contributed by atoms with van der Waals surface area (Å²) in [6, 6.07) is 2.52. The van der Waals surface area contributed by atoms with E-state index in [1.165, 1.54) is 27.8 Å². The Balaban J connectivity index is 2.33. The molecule has 0 aromatic heterocycles. The predicted octanol–water partition coefficient (Wildman–Crippen LogP) is 2.00. The minimum atomic E-state index is -5.30. The van der Waals surface area contributed by atoms with Gasteiger partial charge in [-0.3, -0.25) is 23.2 Å². The Hall–Kier alpha value is -3.87. The average molecular weight is 626 g/mol. The van der Waals surface area contributed by atoms with Gasteiger partial charge in [-0.05, 0) is 61.2 Å². The predicted molar refractivity (Wildman–Crippen MR) is 147 cm³/mol. The van der Waals surface area contributed by atoms with Gasteiger partial charge in [0.05, 0.1) is 21.8 Å². The molecule has 0 radical (unpaired) electrons. The molecule has 0 aliphatic heterocycles. The second-order valence-electron chi connectivity index (χ2n) is 9.28. The summed E-state index contributed by atoms with van der Waals surface area (Å²) in [4.78, 5) is 25.2. The number of anilines is 3. The van der Waals surface area contributed by atoms with Crippen molar-refractivity contribution in [2.45, 2.75) is 35.5 Å². The summed E-state index contributed by atoms with van der Waals surface area (Å²) in [5.74, 6) is -2.12. The molecule has 41 heavy (non-hydrogen) atoms. The molecule has 0 fully saturated rings. The molecule has 0 unspecified atom stereocenters. The number of fused-ring (bicyclic) bond motifs is 2. The Labute approximate surface area is 234 Å². The number of carbonyl (C=O) groups excluding carboxylic acids is 2. The van der Waals surface area contributed by atoms with Crippen molar-refractivity contribution in [3.8, 4) is 11.1 Å². The number of nitrogens with one attached hydrogen (secondary N) is 1. The molecule has 0 atom stereocenters. The molecule has 3 aromatic rings. The minimum absolute atomic E-state index is 0.0807. The van der Waals surface area contributed by atoms with Gasteiger partial charge in [-0.1, -0.05) is 0 Å². The first-order valence-corrected chi connectivity index (χ1v) is 15.7. The van der Waals surface area contributed by atoms with Crippen molar-refractivity contribution in [1.82, 2.24) is 0 Å². The fourth-order valence-corrected chi connectivity index (χ4v) is 7.68. The summed E-state index contributed by atoms with van der Waals surface area (Å²) in [7, 11) is -13.6. The molecule has 0 bridgehead atoms. The van der Waals surface area contributed by atoms with Gasteiger partial charge in [-0.15, -0.1) is 0 Å². The van der Waals surface area contributed by atoms with Crippen LogP contribution in [0.4, 0.5) is 17.1 Å². The number of rotatable bonds is 5. The van der Waals surface area contributed by atoms with Gasteiger partial charge in [0, 0.05) is 35.0 Å². The molecule has 17 heteroatoms. The van der Waals surface area contributed by atoms with E-state index >= 15 is 0 Å². The van der Waals surface area contributed by atoms with Crippen LogP contribution >= 0.6 is 0 Å². The van der Waals surface area contributed by atoms with Crippen molar-refractivity contribution in [2.75, 3.05) is 23.8 Å². The number of hydrogen-bond donors (Lipinski definition) is 6.